The summed E-state index contributed by atoms with van der Waals surface area (Å²) in [4.78, 5) is 8.44. The van der Waals surface area contributed by atoms with Gasteiger partial charge in [0.25, 0.3) is 0 Å². The number of hydrogen-bond acceptors (Lipinski definition) is 4. The summed E-state index contributed by atoms with van der Waals surface area (Å²) in [7, 11) is 0. The van der Waals surface area contributed by atoms with Crippen molar-refractivity contribution in [3.63, 3.8) is 0 Å². The van der Waals surface area contributed by atoms with Gasteiger partial charge in [0.15, 0.2) is 0 Å². The summed E-state index contributed by atoms with van der Waals surface area (Å²) in [6.45, 7) is 5.31. The number of nitrogens with two attached hydrogens (primary N) is 1. The predicted octanol–water partition coefficient (Wildman–Crippen LogP) is 3.42. The van der Waals surface area contributed by atoms with Crippen molar-refractivity contribution >= 4 is 34.2 Å². The Morgan fingerprint density at radius 1 is 1.36 bits per heavy atom. The summed E-state index contributed by atoms with van der Waals surface area (Å²) >= 11 is 5.93. The van der Waals surface area contributed by atoms with E-state index in [-0.39, 0.29) is 6.04 Å². The summed E-state index contributed by atoms with van der Waals surface area (Å²) in [5.74, 6) is 0. The van der Waals surface area contributed by atoms with E-state index in [9.17, 15) is 5.11 Å². The summed E-state index contributed by atoms with van der Waals surface area (Å²) in [6, 6.07) is 7.48. The molecule has 0 bridgehead atoms. The van der Waals surface area contributed by atoms with E-state index in [2.05, 4.69) is 9.98 Å². The lowest BCUT2D eigenvalue weighted by Gasteiger charge is -2.22. The fraction of sp³-hybridized carbons (Fsp3) is 0.294. The molecule has 1 atom stereocenters. The molecule has 4 nitrogen and oxygen atoms in total. The Kier molecular flexibility index (Phi) is 4.84. The highest BCUT2D eigenvalue weighted by Crippen LogP contribution is 2.22. The summed E-state index contributed by atoms with van der Waals surface area (Å²) in [5.41, 5.74) is 6.56. The van der Waals surface area contributed by atoms with Gasteiger partial charge in [0.2, 0.25) is 0 Å². The molecule has 0 fully saturated rings. The van der Waals surface area contributed by atoms with Crippen LogP contribution < -0.4 is 5.73 Å². The molecule has 3 N–H and O–H groups in total. The van der Waals surface area contributed by atoms with Crippen molar-refractivity contribution in [1.29, 1.82) is 0 Å². The Hall–Kier alpha value is -1.91. The lowest BCUT2D eigenvalue weighted by molar-refractivity contribution is 0.0593. The SMILES string of the molecule is CC(N=CC(=CN)c1ccc2cnc(Cl)cc2c1)C(C)(C)O. The number of aliphatic hydroxyl groups is 1. The normalized spacial score (nSPS) is 14.7. The second kappa shape index (κ2) is 6.46. The molecule has 0 spiro atoms. The van der Waals surface area contributed by atoms with Gasteiger partial charge in [-0.05, 0) is 43.9 Å². The van der Waals surface area contributed by atoms with Crippen molar-refractivity contribution in [2.75, 3.05) is 0 Å². The van der Waals surface area contributed by atoms with E-state index < -0.39 is 5.60 Å². The van der Waals surface area contributed by atoms with E-state index in [0.717, 1.165) is 21.9 Å². The third kappa shape index (κ3) is 3.84. The van der Waals surface area contributed by atoms with Crippen LogP contribution in [0.15, 0.2) is 41.7 Å². The second-order valence-electron chi connectivity index (χ2n) is 5.80. The van der Waals surface area contributed by atoms with Gasteiger partial charge in [0.1, 0.15) is 5.15 Å². The lowest BCUT2D eigenvalue weighted by atomic mass is 10.0. The number of nitrogens with zero attached hydrogens (tertiary/aromatic N) is 2. The van der Waals surface area contributed by atoms with E-state index in [1.54, 1.807) is 26.3 Å². The highest BCUT2D eigenvalue weighted by molar-refractivity contribution is 6.30. The smallest absolute Gasteiger partial charge is 0.129 e. The Balaban J connectivity index is 2.34. The van der Waals surface area contributed by atoms with Crippen LogP contribution in [0, 0.1) is 0 Å². The van der Waals surface area contributed by atoms with Crippen LogP contribution in [0.5, 0.6) is 0 Å². The fourth-order valence-electron chi connectivity index (χ4n) is 1.88. The van der Waals surface area contributed by atoms with Crippen LogP contribution in [-0.4, -0.2) is 27.9 Å². The Morgan fingerprint density at radius 3 is 2.73 bits per heavy atom. The van der Waals surface area contributed by atoms with Crippen molar-refractivity contribution in [1.82, 2.24) is 4.98 Å². The van der Waals surface area contributed by atoms with E-state index in [0.29, 0.717) is 5.15 Å². The molecule has 0 radical (unpaired) electrons. The molecule has 116 valence electrons. The number of fused-ring (bicyclic) bond motifs is 1. The van der Waals surface area contributed by atoms with Crippen molar-refractivity contribution in [3.05, 3.63) is 47.4 Å². The molecule has 0 aliphatic carbocycles. The van der Waals surface area contributed by atoms with Crippen LogP contribution in [0.4, 0.5) is 0 Å². The molecule has 5 heteroatoms. The minimum absolute atomic E-state index is 0.235. The molecule has 0 amide bonds. The van der Waals surface area contributed by atoms with Gasteiger partial charge in [-0.3, -0.25) is 4.99 Å². The Bertz CT molecular complexity index is 732. The van der Waals surface area contributed by atoms with E-state index >= 15 is 0 Å². The molecule has 1 aromatic carbocycles. The van der Waals surface area contributed by atoms with Gasteiger partial charge in [-0.2, -0.15) is 0 Å². The van der Waals surface area contributed by atoms with Crippen molar-refractivity contribution in [3.8, 4) is 0 Å². The molecule has 0 aliphatic rings. The molecule has 2 aromatic rings. The van der Waals surface area contributed by atoms with Crippen LogP contribution >= 0.6 is 11.6 Å². The Labute approximate surface area is 135 Å². The van der Waals surface area contributed by atoms with E-state index in [1.807, 2.05) is 31.2 Å². The summed E-state index contributed by atoms with van der Waals surface area (Å²) < 4.78 is 0. The monoisotopic (exact) mass is 317 g/mol. The van der Waals surface area contributed by atoms with Gasteiger partial charge in [-0.1, -0.05) is 23.7 Å². The average Bonchev–Trinajstić information content (AvgIpc) is 2.46. The topological polar surface area (TPSA) is 71.5 Å². The first kappa shape index (κ1) is 16.5. The number of rotatable bonds is 4. The minimum Gasteiger partial charge on any atom is -0.404 e. The van der Waals surface area contributed by atoms with Crippen LogP contribution in [0.1, 0.15) is 26.3 Å². The zero-order valence-corrected chi connectivity index (χ0v) is 13.7. The fourth-order valence-corrected chi connectivity index (χ4v) is 2.05. The number of aromatic nitrogens is 1. The van der Waals surface area contributed by atoms with Crippen molar-refractivity contribution in [2.45, 2.75) is 32.4 Å². The number of hydrogen-bond donors (Lipinski definition) is 2. The van der Waals surface area contributed by atoms with Gasteiger partial charge < -0.3 is 10.8 Å². The average molecular weight is 318 g/mol. The second-order valence-corrected chi connectivity index (χ2v) is 6.19. The van der Waals surface area contributed by atoms with Gasteiger partial charge >= 0.3 is 0 Å². The van der Waals surface area contributed by atoms with Crippen LogP contribution in [-0.2, 0) is 0 Å². The maximum Gasteiger partial charge on any atom is 0.129 e. The first-order valence-electron chi connectivity index (χ1n) is 7.04. The van der Waals surface area contributed by atoms with E-state index in [4.69, 9.17) is 17.3 Å². The van der Waals surface area contributed by atoms with Gasteiger partial charge in [-0.15, -0.1) is 0 Å². The predicted molar refractivity (Wildman–Crippen MR) is 93.2 cm³/mol. The van der Waals surface area contributed by atoms with Gasteiger partial charge in [-0.25, -0.2) is 4.98 Å². The maximum atomic E-state index is 9.93. The summed E-state index contributed by atoms with van der Waals surface area (Å²) in [6.07, 6.45) is 4.93. The standard InChI is InChI=1S/C17H20ClN3O/c1-11(17(2,3)22)20-10-15(8-19)12-4-5-13-9-21-16(18)7-14(13)6-12/h4-11,22H,19H2,1-3H3. The van der Waals surface area contributed by atoms with Crippen LogP contribution in [0.25, 0.3) is 16.3 Å². The van der Waals surface area contributed by atoms with Crippen molar-refractivity contribution in [2.24, 2.45) is 10.7 Å². The third-order valence-electron chi connectivity index (χ3n) is 3.66. The summed E-state index contributed by atoms with van der Waals surface area (Å²) in [5, 5.41) is 12.4. The number of benzene rings is 1. The molecule has 2 rings (SSSR count). The molecule has 0 saturated heterocycles. The molecule has 22 heavy (non-hydrogen) atoms. The zero-order chi connectivity index (χ0) is 16.3. The minimum atomic E-state index is -0.876. The Morgan fingerprint density at radius 2 is 2.09 bits per heavy atom. The zero-order valence-electron chi connectivity index (χ0n) is 12.9. The molecule has 1 heterocycles. The first-order valence-corrected chi connectivity index (χ1v) is 7.42. The number of allylic oxidation sites excluding steroid dienone is 1. The van der Waals surface area contributed by atoms with E-state index in [1.165, 1.54) is 6.20 Å². The van der Waals surface area contributed by atoms with Crippen molar-refractivity contribution < 1.29 is 5.11 Å². The van der Waals surface area contributed by atoms with Gasteiger partial charge in [0, 0.05) is 29.6 Å². The largest absolute Gasteiger partial charge is 0.404 e. The number of pyridine rings is 1. The van der Waals surface area contributed by atoms with Gasteiger partial charge in [0.05, 0.1) is 11.6 Å². The maximum absolute atomic E-state index is 9.93. The molecule has 0 saturated carbocycles. The third-order valence-corrected chi connectivity index (χ3v) is 3.87. The molecule has 0 aliphatic heterocycles. The molecular weight excluding hydrogens is 298 g/mol. The molecule has 1 aromatic heterocycles. The highest BCUT2D eigenvalue weighted by atomic mass is 35.5. The lowest BCUT2D eigenvalue weighted by Crippen LogP contribution is -2.32. The number of aliphatic imine (C=N–C) groups is 1. The quantitative estimate of drug-likeness (QED) is 0.670. The number of halogens is 1. The molecule has 1 unspecified atom stereocenters. The molecular formula is C17H20ClN3O. The van der Waals surface area contributed by atoms with Crippen LogP contribution in [0.2, 0.25) is 5.15 Å². The highest BCUT2D eigenvalue weighted by Gasteiger charge is 2.20. The first-order chi connectivity index (χ1) is 10.3. The van der Waals surface area contributed by atoms with Crippen LogP contribution in [0.3, 0.4) is 0 Å².